The van der Waals surface area contributed by atoms with Crippen molar-refractivity contribution in [2.75, 3.05) is 52.4 Å². The lowest BCUT2D eigenvalue weighted by Crippen LogP contribution is -3.00. The van der Waals surface area contributed by atoms with Gasteiger partial charge in [0.2, 0.25) is 0 Å². The van der Waals surface area contributed by atoms with Crippen LogP contribution in [-0.4, -0.2) is 69.7 Å². The van der Waals surface area contributed by atoms with Crippen molar-refractivity contribution >= 4 is 8.41 Å². The normalized spacial score (nSPS) is 11.3. The number of halogens is 1. The minimum atomic E-state index is 0. The first-order valence-corrected chi connectivity index (χ1v) is 16.2. The van der Waals surface area contributed by atoms with E-state index in [1.165, 1.54) is 164 Å². The number of rotatable bonds is 24. The van der Waals surface area contributed by atoms with Crippen LogP contribution in [0.25, 0.3) is 0 Å². The second kappa shape index (κ2) is 31.7. The summed E-state index contributed by atoms with van der Waals surface area (Å²) in [7, 11) is 0. The van der Waals surface area contributed by atoms with Crippen LogP contribution < -0.4 is 17.0 Å². The molecule has 0 N–H and O–H groups in total. The molecule has 2 nitrogen and oxygen atoms in total. The van der Waals surface area contributed by atoms with Crippen molar-refractivity contribution < 1.29 is 25.9 Å². The lowest BCUT2D eigenvalue weighted by atomic mass is 10.1. The lowest BCUT2D eigenvalue weighted by Gasteiger charge is -2.39. The van der Waals surface area contributed by atoms with Gasteiger partial charge in [-0.05, 0) is 51.4 Å². The summed E-state index contributed by atoms with van der Waals surface area (Å²) < 4.78 is 2.84. The van der Waals surface area contributed by atoms with Crippen LogP contribution in [-0.2, 0) is 0 Å². The predicted octanol–water partition coefficient (Wildman–Crippen LogP) is 6.63. The number of nitrogens with zero attached hydrogens (tertiary/aromatic N) is 2. The maximum atomic E-state index is 2.33. The third-order valence-corrected chi connectivity index (χ3v) is 7.89. The first-order chi connectivity index (χ1) is 16.5. The van der Waals surface area contributed by atoms with Crippen LogP contribution in [0.1, 0.15) is 158 Å². The summed E-state index contributed by atoms with van der Waals surface area (Å²) in [5, 5.41) is 0. The molecule has 220 valence electrons. The molecule has 0 aliphatic heterocycles. The van der Waals surface area contributed by atoms with Crippen LogP contribution in [0.3, 0.4) is 0 Å². The van der Waals surface area contributed by atoms with Crippen molar-refractivity contribution in [1.29, 1.82) is 0 Å². The van der Waals surface area contributed by atoms with Crippen LogP contribution >= 0.6 is 0 Å². The molecular formula is C32H72BBrN2. The van der Waals surface area contributed by atoms with E-state index in [1.54, 1.807) is 0 Å². The second-order valence-electron chi connectivity index (χ2n) is 11.3. The van der Waals surface area contributed by atoms with Crippen LogP contribution in [0.5, 0.6) is 0 Å². The van der Waals surface area contributed by atoms with Crippen LogP contribution in [0.4, 0.5) is 0 Å². The Bertz CT molecular complexity index is 281. The van der Waals surface area contributed by atoms with Gasteiger partial charge in [-0.3, -0.25) is 0 Å². The molecule has 4 heteroatoms. The fourth-order valence-corrected chi connectivity index (χ4v) is 5.29. The van der Waals surface area contributed by atoms with E-state index < -0.39 is 0 Å². The minimum absolute atomic E-state index is 0. The molecule has 0 aromatic carbocycles. The van der Waals surface area contributed by atoms with E-state index >= 15 is 0 Å². The highest BCUT2D eigenvalue weighted by atomic mass is 79.9. The number of hydrogen-bond acceptors (Lipinski definition) is 0. The summed E-state index contributed by atoms with van der Waals surface area (Å²) in [6.07, 6.45) is 22.1. The zero-order chi connectivity index (χ0) is 26.0. The number of quaternary nitrogens is 2. The Kier molecular flexibility index (Phi) is 38.3. The van der Waals surface area contributed by atoms with E-state index in [1.807, 2.05) is 0 Å². The fraction of sp³-hybridized carbons (Fsp3) is 1.00. The lowest BCUT2D eigenvalue weighted by molar-refractivity contribution is -0.929. The van der Waals surface area contributed by atoms with Gasteiger partial charge in [-0.25, -0.2) is 0 Å². The molecule has 0 aromatic heterocycles. The molecule has 0 amide bonds. The van der Waals surface area contributed by atoms with Crippen molar-refractivity contribution in [1.82, 2.24) is 0 Å². The van der Waals surface area contributed by atoms with Crippen molar-refractivity contribution in [2.45, 2.75) is 158 Å². The summed E-state index contributed by atoms with van der Waals surface area (Å²) in [6.45, 7) is 30.0. The van der Waals surface area contributed by atoms with Gasteiger partial charge < -0.3 is 34.4 Å². The molecule has 0 saturated carbocycles. The van der Waals surface area contributed by atoms with Gasteiger partial charge in [0.05, 0.1) is 52.4 Å². The summed E-state index contributed by atoms with van der Waals surface area (Å²) in [4.78, 5) is 0. The summed E-state index contributed by atoms with van der Waals surface area (Å²) in [5.74, 6) is 0. The molecule has 0 spiro atoms. The van der Waals surface area contributed by atoms with Gasteiger partial charge in [0, 0.05) is 0 Å². The third-order valence-electron chi connectivity index (χ3n) is 7.89. The first-order valence-electron chi connectivity index (χ1n) is 16.2. The molecule has 0 rings (SSSR count). The molecule has 36 heavy (non-hydrogen) atoms. The zero-order valence-electron chi connectivity index (χ0n) is 26.8. The standard InChI is InChI=1S/2C16H36N.B.BrH/c2*1-5-9-13-17(14-10-6-2,15-11-7-3)16-12-8-4;;/h2*5-16H2,1-4H3;;1H/q2*+1;-1;/p-1. The SMILES string of the molecule is CCCC[N+](CCCC)(CCCC)CCCC.CCCC[N+](CCCC)(CCCC)CCCC.[B-].[Br-]. The van der Waals surface area contributed by atoms with Gasteiger partial charge in [0.1, 0.15) is 0 Å². The molecule has 0 fully saturated rings. The Labute approximate surface area is 244 Å². The van der Waals surface area contributed by atoms with Gasteiger partial charge in [0.25, 0.3) is 0 Å². The highest BCUT2D eigenvalue weighted by Crippen LogP contribution is 2.17. The summed E-state index contributed by atoms with van der Waals surface area (Å²) in [5.41, 5.74) is 0. The van der Waals surface area contributed by atoms with Gasteiger partial charge in [-0.2, -0.15) is 0 Å². The predicted molar refractivity (Wildman–Crippen MR) is 164 cm³/mol. The molecule has 0 heterocycles. The Balaban J connectivity index is -0.000000269. The maximum Gasteiger partial charge on any atom is 0.0786 e. The van der Waals surface area contributed by atoms with E-state index in [2.05, 4.69) is 55.4 Å². The van der Waals surface area contributed by atoms with Crippen LogP contribution in [0.2, 0.25) is 0 Å². The van der Waals surface area contributed by atoms with E-state index in [-0.39, 0.29) is 25.4 Å². The number of hydrogen-bond donors (Lipinski definition) is 0. The average Bonchev–Trinajstić information content (AvgIpc) is 2.87. The van der Waals surface area contributed by atoms with Gasteiger partial charge in [-0.1, -0.05) is 107 Å². The molecule has 0 aromatic rings. The monoisotopic (exact) mass is 574 g/mol. The largest absolute Gasteiger partial charge is 1.00 e. The first kappa shape index (κ1) is 43.5. The van der Waals surface area contributed by atoms with Crippen LogP contribution in [0.15, 0.2) is 0 Å². The van der Waals surface area contributed by atoms with Gasteiger partial charge in [0.15, 0.2) is 0 Å². The van der Waals surface area contributed by atoms with Crippen molar-refractivity contribution in [3.63, 3.8) is 0 Å². The number of unbranched alkanes of at least 4 members (excludes halogenated alkanes) is 8. The third kappa shape index (κ3) is 23.6. The molecule has 0 aliphatic carbocycles. The topological polar surface area (TPSA) is 0 Å². The Morgan fingerprint density at radius 2 is 0.389 bits per heavy atom. The van der Waals surface area contributed by atoms with Gasteiger partial charge in [-0.15, -0.1) is 0 Å². The summed E-state index contributed by atoms with van der Waals surface area (Å²) in [6, 6.07) is 0. The average molecular weight is 576 g/mol. The molecule has 0 saturated heterocycles. The van der Waals surface area contributed by atoms with Crippen LogP contribution in [0, 0.1) is 0 Å². The van der Waals surface area contributed by atoms with Crippen molar-refractivity contribution in [3.05, 3.63) is 0 Å². The zero-order valence-corrected chi connectivity index (χ0v) is 28.4. The molecule has 4 radical (unpaired) electrons. The minimum Gasteiger partial charge on any atom is -1.00 e. The maximum absolute atomic E-state index is 2.33. The van der Waals surface area contributed by atoms with E-state index in [4.69, 9.17) is 0 Å². The smallest absolute Gasteiger partial charge is 0.0786 e. The van der Waals surface area contributed by atoms with Crippen molar-refractivity contribution in [2.24, 2.45) is 0 Å². The van der Waals surface area contributed by atoms with Crippen molar-refractivity contribution in [3.8, 4) is 0 Å². The molecule has 0 unspecified atom stereocenters. The molecule has 0 aliphatic rings. The highest BCUT2D eigenvalue weighted by Gasteiger charge is 2.25. The second-order valence-corrected chi connectivity index (χ2v) is 11.3. The van der Waals surface area contributed by atoms with E-state index in [0.29, 0.717) is 0 Å². The van der Waals surface area contributed by atoms with E-state index in [9.17, 15) is 0 Å². The highest BCUT2D eigenvalue weighted by molar-refractivity contribution is 5.75. The molecule has 0 atom stereocenters. The quantitative estimate of drug-likeness (QED) is 0.0896. The fourth-order valence-electron chi connectivity index (χ4n) is 5.29. The Morgan fingerprint density at radius 3 is 0.472 bits per heavy atom. The molecular weight excluding hydrogens is 503 g/mol. The van der Waals surface area contributed by atoms with Gasteiger partial charge >= 0.3 is 0 Å². The summed E-state index contributed by atoms with van der Waals surface area (Å²) >= 11 is 0. The molecule has 0 bridgehead atoms. The Morgan fingerprint density at radius 1 is 0.278 bits per heavy atom. The van der Waals surface area contributed by atoms with E-state index in [0.717, 1.165) is 0 Å². The Hall–Kier alpha value is 0.465.